The van der Waals surface area contributed by atoms with Crippen LogP contribution in [0.2, 0.25) is 0 Å². The molecule has 3 aromatic rings. The monoisotopic (exact) mass is 173 g/mol. The number of hydrogen-bond donors (Lipinski definition) is 0. The molecule has 13 heavy (non-hydrogen) atoms. The lowest BCUT2D eigenvalue weighted by Crippen LogP contribution is -1.86. The van der Waals surface area contributed by atoms with Crippen molar-refractivity contribution in [2.45, 2.75) is 6.92 Å². The van der Waals surface area contributed by atoms with E-state index in [1.54, 1.807) is 4.52 Å². The lowest BCUT2D eigenvalue weighted by Gasteiger charge is -1.93. The van der Waals surface area contributed by atoms with Crippen molar-refractivity contribution < 1.29 is 4.42 Å². The summed E-state index contributed by atoms with van der Waals surface area (Å²) in [6.45, 7) is 2.01. The minimum Gasteiger partial charge on any atom is -0.443 e. The summed E-state index contributed by atoms with van der Waals surface area (Å²) < 4.78 is 7.00. The third-order valence-corrected chi connectivity index (χ3v) is 2.16. The van der Waals surface area contributed by atoms with Crippen LogP contribution >= 0.6 is 0 Å². The smallest absolute Gasteiger partial charge is 0.182 e. The van der Waals surface area contributed by atoms with Crippen molar-refractivity contribution in [2.24, 2.45) is 0 Å². The average molecular weight is 173 g/mol. The molecule has 0 aliphatic carbocycles. The summed E-state index contributed by atoms with van der Waals surface area (Å²) in [4.78, 5) is 4.15. The molecular formula is C9H7N3O. The van der Waals surface area contributed by atoms with Gasteiger partial charge in [-0.05, 0) is 12.5 Å². The maximum absolute atomic E-state index is 5.20. The van der Waals surface area contributed by atoms with Gasteiger partial charge < -0.3 is 4.42 Å². The Bertz CT molecular complexity index is 579. The van der Waals surface area contributed by atoms with E-state index in [2.05, 4.69) is 10.1 Å². The Morgan fingerprint density at radius 1 is 1.46 bits per heavy atom. The zero-order chi connectivity index (χ0) is 8.84. The number of oxazole rings is 1. The first-order chi connectivity index (χ1) is 6.36. The number of nitrogens with zero attached hydrogens (tertiary/aromatic N) is 3. The van der Waals surface area contributed by atoms with Gasteiger partial charge in [-0.3, -0.25) is 0 Å². The fourth-order valence-corrected chi connectivity index (χ4v) is 1.55. The van der Waals surface area contributed by atoms with Crippen LogP contribution in [0.1, 0.15) is 5.56 Å². The van der Waals surface area contributed by atoms with Gasteiger partial charge >= 0.3 is 0 Å². The Kier molecular flexibility index (Phi) is 1.07. The summed E-state index contributed by atoms with van der Waals surface area (Å²) >= 11 is 0. The molecule has 0 amide bonds. The van der Waals surface area contributed by atoms with Gasteiger partial charge in [-0.2, -0.15) is 5.10 Å². The van der Waals surface area contributed by atoms with Crippen LogP contribution in [0.4, 0.5) is 0 Å². The molecule has 4 heteroatoms. The van der Waals surface area contributed by atoms with E-state index in [1.165, 1.54) is 6.39 Å². The molecule has 0 aromatic carbocycles. The van der Waals surface area contributed by atoms with Crippen LogP contribution in [0.5, 0.6) is 0 Å². The number of rotatable bonds is 0. The fraction of sp³-hybridized carbons (Fsp3) is 0.111. The van der Waals surface area contributed by atoms with Crippen LogP contribution in [0.15, 0.2) is 29.3 Å². The molecule has 0 N–H and O–H groups in total. The molecule has 4 nitrogen and oxygen atoms in total. The van der Waals surface area contributed by atoms with Gasteiger partial charge in [0.25, 0.3) is 0 Å². The summed E-state index contributed by atoms with van der Waals surface area (Å²) in [6.07, 6.45) is 5.15. The van der Waals surface area contributed by atoms with Crippen molar-refractivity contribution in [1.82, 2.24) is 14.6 Å². The Hall–Kier alpha value is -1.84. The Labute approximate surface area is 73.8 Å². The average Bonchev–Trinajstić information content (AvgIpc) is 2.70. The molecule has 3 heterocycles. The molecule has 0 spiro atoms. The molecule has 3 rings (SSSR count). The molecule has 0 atom stereocenters. The standard InChI is InChI=1S/C9H7N3O/c1-6-4-11-12-3-2-7-8(9(6)12)10-5-13-7/h2-5H,1H3. The Morgan fingerprint density at radius 2 is 2.38 bits per heavy atom. The highest BCUT2D eigenvalue weighted by molar-refractivity contribution is 5.90. The highest BCUT2D eigenvalue weighted by Crippen LogP contribution is 2.20. The quantitative estimate of drug-likeness (QED) is 0.520. The van der Waals surface area contributed by atoms with Crippen LogP contribution in [0, 0.1) is 6.92 Å². The second-order valence-corrected chi connectivity index (χ2v) is 3.00. The molecule has 0 saturated heterocycles. The normalized spacial score (nSPS) is 11.5. The van der Waals surface area contributed by atoms with Crippen LogP contribution in [0.25, 0.3) is 16.6 Å². The van der Waals surface area contributed by atoms with Crippen LogP contribution < -0.4 is 0 Å². The topological polar surface area (TPSA) is 43.3 Å². The number of pyridine rings is 1. The number of fused-ring (bicyclic) bond motifs is 3. The molecule has 0 aliphatic heterocycles. The van der Waals surface area contributed by atoms with E-state index in [4.69, 9.17) is 4.42 Å². The lowest BCUT2D eigenvalue weighted by molar-refractivity contribution is 0.602. The fourth-order valence-electron chi connectivity index (χ4n) is 1.55. The predicted molar refractivity (Wildman–Crippen MR) is 47.5 cm³/mol. The molecule has 0 fully saturated rings. The molecule has 0 aliphatic rings. The van der Waals surface area contributed by atoms with Gasteiger partial charge in [0.1, 0.15) is 5.52 Å². The maximum Gasteiger partial charge on any atom is 0.182 e. The van der Waals surface area contributed by atoms with E-state index in [-0.39, 0.29) is 0 Å². The summed E-state index contributed by atoms with van der Waals surface area (Å²) in [6, 6.07) is 1.86. The summed E-state index contributed by atoms with van der Waals surface area (Å²) in [5.74, 6) is 0. The highest BCUT2D eigenvalue weighted by Gasteiger charge is 2.07. The van der Waals surface area contributed by atoms with Crippen molar-refractivity contribution in [3.05, 3.63) is 30.4 Å². The molecule has 0 bridgehead atoms. The summed E-state index contributed by atoms with van der Waals surface area (Å²) in [5, 5.41) is 4.18. The van der Waals surface area contributed by atoms with Crippen molar-refractivity contribution in [1.29, 1.82) is 0 Å². The van der Waals surface area contributed by atoms with E-state index < -0.39 is 0 Å². The minimum atomic E-state index is 0.802. The zero-order valence-corrected chi connectivity index (χ0v) is 7.06. The maximum atomic E-state index is 5.20. The Balaban J connectivity index is 2.70. The van der Waals surface area contributed by atoms with Crippen LogP contribution in [-0.2, 0) is 0 Å². The number of aryl methyl sites for hydroxylation is 1. The van der Waals surface area contributed by atoms with Gasteiger partial charge in [-0.1, -0.05) is 0 Å². The minimum absolute atomic E-state index is 0.802. The van der Waals surface area contributed by atoms with E-state index in [0.29, 0.717) is 0 Å². The van der Waals surface area contributed by atoms with Gasteiger partial charge in [0, 0.05) is 12.3 Å². The summed E-state index contributed by atoms with van der Waals surface area (Å²) in [7, 11) is 0. The predicted octanol–water partition coefficient (Wildman–Crippen LogP) is 1.78. The first kappa shape index (κ1) is 6.65. The van der Waals surface area contributed by atoms with Crippen molar-refractivity contribution in [3.63, 3.8) is 0 Å². The third kappa shape index (κ3) is 0.744. The Morgan fingerprint density at radius 3 is 3.31 bits per heavy atom. The van der Waals surface area contributed by atoms with E-state index in [0.717, 1.165) is 22.2 Å². The first-order valence-electron chi connectivity index (χ1n) is 4.02. The van der Waals surface area contributed by atoms with Crippen LogP contribution in [0.3, 0.4) is 0 Å². The molecular weight excluding hydrogens is 166 g/mol. The second-order valence-electron chi connectivity index (χ2n) is 3.00. The van der Waals surface area contributed by atoms with Gasteiger partial charge in [0.2, 0.25) is 0 Å². The molecule has 3 aromatic heterocycles. The van der Waals surface area contributed by atoms with Crippen LogP contribution in [-0.4, -0.2) is 14.6 Å². The largest absolute Gasteiger partial charge is 0.443 e. The van der Waals surface area contributed by atoms with Crippen molar-refractivity contribution >= 4 is 16.6 Å². The first-order valence-corrected chi connectivity index (χ1v) is 4.02. The van der Waals surface area contributed by atoms with Gasteiger partial charge in [-0.15, -0.1) is 0 Å². The molecule has 0 saturated carbocycles. The van der Waals surface area contributed by atoms with Crippen molar-refractivity contribution in [3.8, 4) is 0 Å². The lowest BCUT2D eigenvalue weighted by atomic mass is 10.2. The molecule has 0 radical (unpaired) electrons. The van der Waals surface area contributed by atoms with E-state index in [1.807, 2.05) is 25.4 Å². The highest BCUT2D eigenvalue weighted by atomic mass is 16.3. The molecule has 0 unspecified atom stereocenters. The molecule has 64 valence electrons. The van der Waals surface area contributed by atoms with Gasteiger partial charge in [-0.25, -0.2) is 9.50 Å². The van der Waals surface area contributed by atoms with Gasteiger partial charge in [0.15, 0.2) is 12.0 Å². The van der Waals surface area contributed by atoms with Crippen molar-refractivity contribution in [2.75, 3.05) is 0 Å². The number of aromatic nitrogens is 3. The van der Waals surface area contributed by atoms with E-state index in [9.17, 15) is 0 Å². The zero-order valence-electron chi connectivity index (χ0n) is 7.06. The number of hydrogen-bond acceptors (Lipinski definition) is 3. The third-order valence-electron chi connectivity index (χ3n) is 2.16. The SMILES string of the molecule is Cc1cnn2ccc3ocnc3c12. The van der Waals surface area contributed by atoms with E-state index >= 15 is 0 Å². The second kappa shape index (κ2) is 2.10. The van der Waals surface area contributed by atoms with Gasteiger partial charge in [0.05, 0.1) is 11.7 Å². The summed E-state index contributed by atoms with van der Waals surface area (Å²) in [5.41, 5.74) is 3.80.